The number of ether oxygens (including phenoxy) is 2. The molecule has 1 aliphatic heterocycles. The lowest BCUT2D eigenvalue weighted by Gasteiger charge is -2.31. The van der Waals surface area contributed by atoms with Crippen LogP contribution in [0.1, 0.15) is 35.7 Å². The average molecular weight is 380 g/mol. The Balaban J connectivity index is 2.07. The van der Waals surface area contributed by atoms with Crippen LogP contribution in [0.15, 0.2) is 47.5 Å². The summed E-state index contributed by atoms with van der Waals surface area (Å²) in [5.41, 5.74) is 1.61. The first kappa shape index (κ1) is 19.6. The lowest BCUT2D eigenvalue weighted by molar-refractivity contribution is -0.118. The standard InChI is InChI=1S/C22H24N2O4/c1-14(2)12-23-13-18-16-7-5-6-8-17(16)21(25)24(22(18)26)15-9-10-19(27-3)20(11-15)28-4/h5-11,13-14,18H,12H2,1-4H3. The van der Waals surface area contributed by atoms with Crippen molar-refractivity contribution in [1.29, 1.82) is 0 Å². The van der Waals surface area contributed by atoms with E-state index >= 15 is 0 Å². The van der Waals surface area contributed by atoms with Gasteiger partial charge in [-0.05, 0) is 29.7 Å². The van der Waals surface area contributed by atoms with E-state index in [1.165, 1.54) is 19.1 Å². The molecule has 1 heterocycles. The molecule has 0 saturated carbocycles. The molecule has 146 valence electrons. The third-order valence-corrected chi connectivity index (χ3v) is 4.57. The number of amides is 2. The fourth-order valence-electron chi connectivity index (χ4n) is 3.19. The van der Waals surface area contributed by atoms with Gasteiger partial charge in [-0.15, -0.1) is 0 Å². The van der Waals surface area contributed by atoms with Crippen LogP contribution in [0.25, 0.3) is 0 Å². The van der Waals surface area contributed by atoms with Crippen LogP contribution in [0.5, 0.6) is 11.5 Å². The van der Waals surface area contributed by atoms with E-state index in [9.17, 15) is 9.59 Å². The summed E-state index contributed by atoms with van der Waals surface area (Å²) in [5.74, 6) is 0.0577. The third kappa shape index (κ3) is 3.63. The zero-order chi connectivity index (χ0) is 20.3. The summed E-state index contributed by atoms with van der Waals surface area (Å²) in [6.07, 6.45) is 1.65. The van der Waals surface area contributed by atoms with Gasteiger partial charge in [0.1, 0.15) is 0 Å². The van der Waals surface area contributed by atoms with E-state index in [4.69, 9.17) is 9.47 Å². The van der Waals surface area contributed by atoms with E-state index in [2.05, 4.69) is 18.8 Å². The quantitative estimate of drug-likeness (QED) is 0.566. The van der Waals surface area contributed by atoms with Gasteiger partial charge in [-0.25, -0.2) is 4.90 Å². The molecule has 6 heteroatoms. The molecule has 0 aromatic heterocycles. The fourth-order valence-corrected chi connectivity index (χ4v) is 3.19. The molecule has 2 amide bonds. The van der Waals surface area contributed by atoms with Gasteiger partial charge in [0.2, 0.25) is 5.91 Å². The first-order valence-corrected chi connectivity index (χ1v) is 9.17. The molecule has 1 aliphatic rings. The molecule has 2 aromatic rings. The highest BCUT2D eigenvalue weighted by Gasteiger charge is 2.39. The first-order chi connectivity index (χ1) is 13.5. The van der Waals surface area contributed by atoms with Crippen molar-refractivity contribution in [3.05, 3.63) is 53.6 Å². The number of hydrogen-bond acceptors (Lipinski definition) is 5. The molecule has 2 aromatic carbocycles. The van der Waals surface area contributed by atoms with E-state index in [1.54, 1.807) is 36.5 Å². The maximum absolute atomic E-state index is 13.3. The second-order valence-electron chi connectivity index (χ2n) is 6.99. The maximum atomic E-state index is 13.3. The Morgan fingerprint density at radius 3 is 2.46 bits per heavy atom. The van der Waals surface area contributed by atoms with Crippen molar-refractivity contribution in [2.24, 2.45) is 10.9 Å². The van der Waals surface area contributed by atoms with Gasteiger partial charge >= 0.3 is 0 Å². The van der Waals surface area contributed by atoms with Gasteiger partial charge in [-0.3, -0.25) is 14.6 Å². The Bertz CT molecular complexity index is 921. The Kier molecular flexibility index (Phi) is 5.78. The summed E-state index contributed by atoms with van der Waals surface area (Å²) < 4.78 is 10.6. The summed E-state index contributed by atoms with van der Waals surface area (Å²) in [7, 11) is 3.05. The van der Waals surface area contributed by atoms with E-state index < -0.39 is 5.92 Å². The molecule has 0 spiro atoms. The summed E-state index contributed by atoms with van der Waals surface area (Å²) in [6.45, 7) is 4.75. The Morgan fingerprint density at radius 2 is 1.79 bits per heavy atom. The van der Waals surface area contributed by atoms with Gasteiger partial charge < -0.3 is 9.47 Å². The number of rotatable bonds is 6. The number of aliphatic imine (C=N–C) groups is 1. The van der Waals surface area contributed by atoms with Crippen LogP contribution in [-0.2, 0) is 4.79 Å². The van der Waals surface area contributed by atoms with Gasteiger partial charge in [0.25, 0.3) is 5.91 Å². The molecule has 1 unspecified atom stereocenters. The molecule has 0 fully saturated rings. The van der Waals surface area contributed by atoms with Gasteiger partial charge in [0.15, 0.2) is 11.5 Å². The maximum Gasteiger partial charge on any atom is 0.265 e. The SMILES string of the molecule is COc1ccc(N2C(=O)c3ccccc3C(C=NCC(C)C)C2=O)cc1OC. The molecule has 0 radical (unpaired) electrons. The fraction of sp³-hybridized carbons (Fsp3) is 0.318. The lowest BCUT2D eigenvalue weighted by atomic mass is 9.89. The highest BCUT2D eigenvalue weighted by atomic mass is 16.5. The largest absolute Gasteiger partial charge is 0.493 e. The van der Waals surface area contributed by atoms with Crippen molar-refractivity contribution in [2.45, 2.75) is 19.8 Å². The Labute approximate surface area is 164 Å². The second kappa shape index (κ2) is 8.25. The van der Waals surface area contributed by atoms with Crippen LogP contribution in [0.3, 0.4) is 0 Å². The lowest BCUT2D eigenvalue weighted by Crippen LogP contribution is -2.45. The van der Waals surface area contributed by atoms with E-state index in [0.29, 0.717) is 40.8 Å². The number of carbonyl (C=O) groups is 2. The van der Waals surface area contributed by atoms with Crippen molar-refractivity contribution < 1.29 is 19.1 Å². The smallest absolute Gasteiger partial charge is 0.265 e. The predicted octanol–water partition coefficient (Wildman–Crippen LogP) is 3.70. The number of carbonyl (C=O) groups excluding carboxylic acids is 2. The van der Waals surface area contributed by atoms with Crippen molar-refractivity contribution in [3.8, 4) is 11.5 Å². The summed E-state index contributed by atoms with van der Waals surface area (Å²) >= 11 is 0. The first-order valence-electron chi connectivity index (χ1n) is 9.17. The van der Waals surface area contributed by atoms with Crippen molar-refractivity contribution in [1.82, 2.24) is 0 Å². The number of fused-ring (bicyclic) bond motifs is 1. The minimum Gasteiger partial charge on any atom is -0.493 e. The van der Waals surface area contributed by atoms with Crippen LogP contribution in [0.4, 0.5) is 5.69 Å². The minimum absolute atomic E-state index is 0.330. The van der Waals surface area contributed by atoms with Crippen molar-refractivity contribution in [2.75, 3.05) is 25.7 Å². The molecule has 0 aliphatic carbocycles. The van der Waals surface area contributed by atoms with Gasteiger partial charge in [0.05, 0.1) is 25.8 Å². The number of benzene rings is 2. The minimum atomic E-state index is -0.610. The number of imide groups is 1. The zero-order valence-electron chi connectivity index (χ0n) is 16.5. The average Bonchev–Trinajstić information content (AvgIpc) is 2.70. The molecule has 0 bridgehead atoms. The highest BCUT2D eigenvalue weighted by molar-refractivity contribution is 6.29. The number of anilines is 1. The van der Waals surface area contributed by atoms with Gasteiger partial charge in [0, 0.05) is 24.4 Å². The van der Waals surface area contributed by atoms with Crippen LogP contribution < -0.4 is 14.4 Å². The zero-order valence-corrected chi connectivity index (χ0v) is 16.5. The van der Waals surface area contributed by atoms with E-state index in [0.717, 1.165) is 0 Å². The highest BCUT2D eigenvalue weighted by Crippen LogP contribution is 2.36. The molecular formula is C22H24N2O4. The predicted molar refractivity (Wildman–Crippen MR) is 109 cm³/mol. The van der Waals surface area contributed by atoms with Crippen LogP contribution in [0.2, 0.25) is 0 Å². The number of methoxy groups -OCH3 is 2. The number of hydrogen-bond donors (Lipinski definition) is 0. The second-order valence-corrected chi connectivity index (χ2v) is 6.99. The molecule has 28 heavy (non-hydrogen) atoms. The van der Waals surface area contributed by atoms with E-state index in [1.807, 2.05) is 12.1 Å². The van der Waals surface area contributed by atoms with Gasteiger partial charge in [-0.2, -0.15) is 0 Å². The molecule has 1 atom stereocenters. The summed E-state index contributed by atoms with van der Waals surface area (Å²) in [6, 6.07) is 12.1. The third-order valence-electron chi connectivity index (χ3n) is 4.57. The van der Waals surface area contributed by atoms with Crippen LogP contribution in [-0.4, -0.2) is 38.8 Å². The Morgan fingerprint density at radius 1 is 1.07 bits per heavy atom. The van der Waals surface area contributed by atoms with Crippen LogP contribution >= 0.6 is 0 Å². The summed E-state index contributed by atoms with van der Waals surface area (Å²) in [4.78, 5) is 32.0. The van der Waals surface area contributed by atoms with Crippen molar-refractivity contribution >= 4 is 23.7 Å². The molecular weight excluding hydrogens is 356 g/mol. The van der Waals surface area contributed by atoms with Gasteiger partial charge in [-0.1, -0.05) is 32.0 Å². The number of nitrogens with zero attached hydrogens (tertiary/aromatic N) is 2. The van der Waals surface area contributed by atoms with Crippen molar-refractivity contribution in [3.63, 3.8) is 0 Å². The molecule has 0 N–H and O–H groups in total. The molecule has 0 saturated heterocycles. The van der Waals surface area contributed by atoms with E-state index in [-0.39, 0.29) is 11.8 Å². The molecule has 3 rings (SSSR count). The Hall–Kier alpha value is -3.15. The van der Waals surface area contributed by atoms with Crippen LogP contribution in [0, 0.1) is 5.92 Å². The monoisotopic (exact) mass is 380 g/mol. The molecule has 6 nitrogen and oxygen atoms in total. The summed E-state index contributed by atoms with van der Waals surface area (Å²) in [5, 5.41) is 0. The normalized spacial score (nSPS) is 16.6. The topological polar surface area (TPSA) is 68.2 Å².